The number of unbranched alkanes of at least 4 members (excludes halogenated alkanes) is 8. The van der Waals surface area contributed by atoms with Crippen molar-refractivity contribution in [2.24, 2.45) is 5.16 Å². The van der Waals surface area contributed by atoms with Crippen molar-refractivity contribution in [1.82, 2.24) is 0 Å². The van der Waals surface area contributed by atoms with Crippen molar-refractivity contribution in [3.8, 4) is 0 Å². The number of esters is 1. The van der Waals surface area contributed by atoms with Crippen LogP contribution in [0.5, 0.6) is 0 Å². The van der Waals surface area contributed by atoms with Gasteiger partial charge in [-0.15, -0.1) is 0 Å². The van der Waals surface area contributed by atoms with Crippen LogP contribution in [0.2, 0.25) is 0 Å². The molecule has 0 amide bonds. The van der Waals surface area contributed by atoms with E-state index in [0.29, 0.717) is 19.3 Å². The Balaban J connectivity index is 3.71. The molecule has 0 spiro atoms. The molecular weight excluding hydrogens is 324 g/mol. The second-order valence-corrected chi connectivity index (χ2v) is 6.04. The summed E-state index contributed by atoms with van der Waals surface area (Å²) in [5.41, 5.74) is 0.00208. The number of oxime groups is 1. The van der Waals surface area contributed by atoms with E-state index in [9.17, 15) is 14.9 Å². The lowest BCUT2D eigenvalue weighted by atomic mass is 10.1. The molecule has 0 saturated carbocycles. The number of carbonyl (C=O) groups excluding carboxylic acids is 1. The van der Waals surface area contributed by atoms with Crippen LogP contribution >= 0.6 is 0 Å². The van der Waals surface area contributed by atoms with Gasteiger partial charge in [-0.25, -0.2) is 4.79 Å². The first kappa shape index (κ1) is 23.1. The van der Waals surface area contributed by atoms with Gasteiger partial charge in [0.05, 0.1) is 0 Å². The first-order chi connectivity index (χ1) is 12.1. The quantitative estimate of drug-likeness (QED) is 0.0834. The minimum Gasteiger partial charge on any atom is -0.457 e. The van der Waals surface area contributed by atoms with Gasteiger partial charge in [-0.05, 0) is 25.7 Å². The van der Waals surface area contributed by atoms with Crippen LogP contribution < -0.4 is 0 Å². The van der Waals surface area contributed by atoms with E-state index < -0.39 is 5.97 Å². The summed E-state index contributed by atoms with van der Waals surface area (Å²) in [6.45, 7) is 2.33. The monoisotopic (exact) mass is 356 g/mol. The van der Waals surface area contributed by atoms with E-state index in [0.717, 1.165) is 25.7 Å². The Labute approximate surface area is 150 Å². The Morgan fingerprint density at radius 2 is 1.76 bits per heavy atom. The predicted molar refractivity (Wildman–Crippen MR) is 97.6 cm³/mol. The molecule has 7 nitrogen and oxygen atoms in total. The Kier molecular flexibility index (Phi) is 15.6. The highest BCUT2D eigenvalue weighted by Gasteiger charge is 2.13. The highest BCUT2D eigenvalue weighted by atomic mass is 16.6. The van der Waals surface area contributed by atoms with Crippen molar-refractivity contribution < 1.29 is 19.7 Å². The minimum absolute atomic E-state index is 0.00208. The SMILES string of the molecule is CCCCCCCC=CCOC(=O)C(CCCCCC[N+](=O)[O-])=NO. The standard InChI is InChI=1S/C18H32N2O5/c1-2-3-4-5-6-7-10-13-16-25-18(21)17(19-22)14-11-8-9-12-15-20(23)24/h10,13,22H,2-9,11-12,14-16H2,1H3. The molecular formula is C18H32N2O5. The Hall–Kier alpha value is -1.92. The summed E-state index contributed by atoms with van der Waals surface area (Å²) in [4.78, 5) is 21.6. The van der Waals surface area contributed by atoms with Crippen LogP contribution in [0, 0.1) is 10.1 Å². The lowest BCUT2D eigenvalue weighted by molar-refractivity contribution is -0.480. The van der Waals surface area contributed by atoms with E-state index in [2.05, 4.69) is 12.1 Å². The molecule has 25 heavy (non-hydrogen) atoms. The van der Waals surface area contributed by atoms with E-state index in [1.54, 1.807) is 0 Å². The summed E-state index contributed by atoms with van der Waals surface area (Å²) in [7, 11) is 0. The molecule has 0 aliphatic rings. The third-order valence-electron chi connectivity index (χ3n) is 3.81. The van der Waals surface area contributed by atoms with Gasteiger partial charge in [0.1, 0.15) is 6.61 Å². The molecule has 0 aromatic heterocycles. The van der Waals surface area contributed by atoms with Crippen LogP contribution in [0.1, 0.15) is 77.6 Å². The van der Waals surface area contributed by atoms with E-state index in [1.807, 2.05) is 12.2 Å². The Morgan fingerprint density at radius 1 is 1.08 bits per heavy atom. The fourth-order valence-electron chi connectivity index (χ4n) is 2.34. The van der Waals surface area contributed by atoms with Crippen LogP contribution in [0.15, 0.2) is 17.3 Å². The molecule has 0 fully saturated rings. The molecule has 0 aromatic carbocycles. The zero-order valence-electron chi connectivity index (χ0n) is 15.3. The van der Waals surface area contributed by atoms with E-state index in [4.69, 9.17) is 9.94 Å². The van der Waals surface area contributed by atoms with Crippen LogP contribution in [0.4, 0.5) is 0 Å². The summed E-state index contributed by atoms with van der Waals surface area (Å²) in [5, 5.41) is 22.1. The second kappa shape index (κ2) is 16.9. The maximum atomic E-state index is 11.8. The van der Waals surface area contributed by atoms with Crippen molar-refractivity contribution >= 4 is 11.7 Å². The Bertz CT molecular complexity index is 422. The van der Waals surface area contributed by atoms with Gasteiger partial charge in [-0.1, -0.05) is 56.3 Å². The van der Waals surface area contributed by atoms with Crippen LogP contribution in [0.25, 0.3) is 0 Å². The zero-order chi connectivity index (χ0) is 18.8. The normalized spacial score (nSPS) is 11.8. The van der Waals surface area contributed by atoms with E-state index in [-0.39, 0.29) is 23.8 Å². The van der Waals surface area contributed by atoms with E-state index in [1.165, 1.54) is 25.7 Å². The number of hydrogen-bond donors (Lipinski definition) is 1. The number of ether oxygens (including phenoxy) is 1. The molecule has 0 unspecified atom stereocenters. The first-order valence-corrected chi connectivity index (χ1v) is 9.26. The van der Waals surface area contributed by atoms with Crippen molar-refractivity contribution in [2.45, 2.75) is 77.6 Å². The van der Waals surface area contributed by atoms with Gasteiger partial charge in [0.15, 0.2) is 5.71 Å². The van der Waals surface area contributed by atoms with Gasteiger partial charge in [-0.3, -0.25) is 10.1 Å². The second-order valence-electron chi connectivity index (χ2n) is 6.04. The highest BCUT2D eigenvalue weighted by Crippen LogP contribution is 2.06. The summed E-state index contributed by atoms with van der Waals surface area (Å²) >= 11 is 0. The number of hydrogen-bond acceptors (Lipinski definition) is 6. The fourth-order valence-corrected chi connectivity index (χ4v) is 2.34. The molecule has 1 N–H and O–H groups in total. The molecule has 0 bridgehead atoms. The van der Waals surface area contributed by atoms with Crippen molar-refractivity contribution in [3.05, 3.63) is 22.3 Å². The third-order valence-corrected chi connectivity index (χ3v) is 3.81. The molecule has 0 rings (SSSR count). The van der Waals surface area contributed by atoms with Gasteiger partial charge in [0, 0.05) is 17.8 Å². The zero-order valence-corrected chi connectivity index (χ0v) is 15.3. The average molecular weight is 356 g/mol. The number of allylic oxidation sites excluding steroid dienone is 1. The van der Waals surface area contributed by atoms with Gasteiger partial charge in [0.25, 0.3) is 0 Å². The molecule has 0 atom stereocenters. The molecule has 7 heteroatoms. The number of nitrogens with zero attached hydrogens (tertiary/aromatic N) is 2. The molecule has 0 heterocycles. The van der Waals surface area contributed by atoms with Gasteiger partial charge in [-0.2, -0.15) is 0 Å². The Morgan fingerprint density at radius 3 is 2.44 bits per heavy atom. The summed E-state index contributed by atoms with van der Waals surface area (Å²) in [6.07, 6.45) is 13.9. The summed E-state index contributed by atoms with van der Waals surface area (Å²) in [5.74, 6) is -0.611. The van der Waals surface area contributed by atoms with Crippen molar-refractivity contribution in [3.63, 3.8) is 0 Å². The lowest BCUT2D eigenvalue weighted by Gasteiger charge is -2.04. The van der Waals surface area contributed by atoms with Crippen LogP contribution in [-0.4, -0.2) is 35.0 Å². The molecule has 0 aromatic rings. The maximum Gasteiger partial charge on any atom is 0.356 e. The van der Waals surface area contributed by atoms with Gasteiger partial charge in [0.2, 0.25) is 6.54 Å². The average Bonchev–Trinajstić information content (AvgIpc) is 2.59. The van der Waals surface area contributed by atoms with Gasteiger partial charge >= 0.3 is 5.97 Å². The maximum absolute atomic E-state index is 11.8. The molecule has 144 valence electrons. The van der Waals surface area contributed by atoms with E-state index >= 15 is 0 Å². The molecule has 0 aliphatic heterocycles. The molecule has 0 saturated heterocycles. The fraction of sp³-hybridized carbons (Fsp3) is 0.778. The minimum atomic E-state index is -0.611. The largest absolute Gasteiger partial charge is 0.457 e. The number of rotatable bonds is 16. The van der Waals surface area contributed by atoms with Crippen molar-refractivity contribution in [1.29, 1.82) is 0 Å². The van der Waals surface area contributed by atoms with Crippen molar-refractivity contribution in [2.75, 3.05) is 13.2 Å². The van der Waals surface area contributed by atoms with Crippen LogP contribution in [-0.2, 0) is 9.53 Å². The smallest absolute Gasteiger partial charge is 0.356 e. The first-order valence-electron chi connectivity index (χ1n) is 9.26. The predicted octanol–water partition coefficient (Wildman–Crippen LogP) is 4.50. The summed E-state index contributed by atoms with van der Waals surface area (Å²) in [6, 6.07) is 0. The van der Waals surface area contributed by atoms with Gasteiger partial charge < -0.3 is 9.94 Å². The number of carbonyl (C=O) groups is 1. The molecule has 0 radical (unpaired) electrons. The molecule has 0 aliphatic carbocycles. The highest BCUT2D eigenvalue weighted by molar-refractivity contribution is 6.36. The lowest BCUT2D eigenvalue weighted by Crippen LogP contribution is -2.17. The number of nitro groups is 1. The van der Waals surface area contributed by atoms with Crippen LogP contribution in [0.3, 0.4) is 0 Å². The third kappa shape index (κ3) is 15.4. The summed E-state index contributed by atoms with van der Waals surface area (Å²) < 4.78 is 5.04. The topological polar surface area (TPSA) is 102 Å².